The predicted molar refractivity (Wildman–Crippen MR) is 124 cm³/mol. The highest BCUT2D eigenvalue weighted by molar-refractivity contribution is 8.00. The van der Waals surface area contributed by atoms with E-state index in [1.54, 1.807) is 47.8 Å². The highest BCUT2D eigenvalue weighted by Gasteiger charge is 2.07. The zero-order valence-electron chi connectivity index (χ0n) is 15.9. The van der Waals surface area contributed by atoms with Crippen molar-refractivity contribution < 1.29 is 8.78 Å². The van der Waals surface area contributed by atoms with E-state index < -0.39 is 0 Å². The maximum Gasteiger partial charge on any atom is 0.207 e. The average molecular weight is 495 g/mol. The SMILES string of the molecule is Fc1ccc(CSc2nnc(NCNc3nnc(SCc4ccc(F)cc4)s3)s2)cc1. The fourth-order valence-electron chi connectivity index (χ4n) is 2.33. The van der Waals surface area contributed by atoms with Gasteiger partial charge >= 0.3 is 0 Å². The van der Waals surface area contributed by atoms with E-state index in [0.29, 0.717) is 28.4 Å². The third-order valence-electron chi connectivity index (χ3n) is 3.84. The molecule has 0 saturated heterocycles. The Labute approximate surface area is 193 Å². The number of anilines is 2. The fourth-order valence-corrected chi connectivity index (χ4v) is 5.73. The molecular weight excluding hydrogens is 479 g/mol. The van der Waals surface area contributed by atoms with E-state index in [1.807, 2.05) is 0 Å². The van der Waals surface area contributed by atoms with Crippen LogP contribution in [0, 0.1) is 11.6 Å². The van der Waals surface area contributed by atoms with Crippen LogP contribution in [0.4, 0.5) is 19.0 Å². The Morgan fingerprint density at radius 1 is 0.645 bits per heavy atom. The van der Waals surface area contributed by atoms with E-state index >= 15 is 0 Å². The lowest BCUT2D eigenvalue weighted by atomic mass is 10.2. The third kappa shape index (κ3) is 6.86. The van der Waals surface area contributed by atoms with Crippen LogP contribution in [-0.4, -0.2) is 27.1 Å². The highest BCUT2D eigenvalue weighted by atomic mass is 32.2. The summed E-state index contributed by atoms with van der Waals surface area (Å²) in [7, 11) is 0. The number of nitrogens with one attached hydrogen (secondary N) is 2. The molecule has 31 heavy (non-hydrogen) atoms. The summed E-state index contributed by atoms with van der Waals surface area (Å²) in [4.78, 5) is 0. The van der Waals surface area contributed by atoms with Gasteiger partial charge < -0.3 is 10.6 Å². The average Bonchev–Trinajstić information content (AvgIpc) is 3.43. The van der Waals surface area contributed by atoms with E-state index in [1.165, 1.54) is 46.9 Å². The lowest BCUT2D eigenvalue weighted by Crippen LogP contribution is -2.11. The molecule has 0 amide bonds. The molecule has 0 aliphatic carbocycles. The Kier molecular flexibility index (Phi) is 7.67. The van der Waals surface area contributed by atoms with Gasteiger partial charge in [0.05, 0.1) is 6.67 Å². The normalized spacial score (nSPS) is 10.9. The second-order valence-corrected chi connectivity index (χ2v) is 10.5. The van der Waals surface area contributed by atoms with Crippen molar-refractivity contribution in [3.05, 3.63) is 71.3 Å². The number of hydrogen-bond donors (Lipinski definition) is 2. The summed E-state index contributed by atoms with van der Waals surface area (Å²) in [6.07, 6.45) is 0. The third-order valence-corrected chi connectivity index (χ3v) is 8.01. The van der Waals surface area contributed by atoms with Crippen LogP contribution in [0.2, 0.25) is 0 Å². The van der Waals surface area contributed by atoms with Crippen molar-refractivity contribution in [1.82, 2.24) is 20.4 Å². The van der Waals surface area contributed by atoms with Crippen molar-refractivity contribution in [3.63, 3.8) is 0 Å². The first kappa shape index (κ1) is 21.9. The minimum absolute atomic E-state index is 0.238. The van der Waals surface area contributed by atoms with Gasteiger partial charge in [-0.15, -0.1) is 20.4 Å². The molecule has 0 spiro atoms. The summed E-state index contributed by atoms with van der Waals surface area (Å²) >= 11 is 6.02. The molecule has 12 heteroatoms. The van der Waals surface area contributed by atoms with E-state index in [-0.39, 0.29) is 11.6 Å². The molecule has 0 radical (unpaired) electrons. The molecule has 2 aromatic carbocycles. The van der Waals surface area contributed by atoms with Crippen LogP contribution < -0.4 is 10.6 Å². The van der Waals surface area contributed by atoms with Crippen LogP contribution in [0.3, 0.4) is 0 Å². The van der Waals surface area contributed by atoms with Gasteiger partial charge in [0.15, 0.2) is 8.68 Å². The molecule has 0 aliphatic rings. The quantitative estimate of drug-likeness (QED) is 0.214. The Balaban J connectivity index is 1.18. The van der Waals surface area contributed by atoms with Gasteiger partial charge in [0.1, 0.15) is 11.6 Å². The van der Waals surface area contributed by atoms with Crippen LogP contribution in [0.15, 0.2) is 57.2 Å². The largest absolute Gasteiger partial charge is 0.343 e. The number of benzene rings is 2. The molecule has 6 nitrogen and oxygen atoms in total. The van der Waals surface area contributed by atoms with Crippen LogP contribution in [0.5, 0.6) is 0 Å². The van der Waals surface area contributed by atoms with Crippen molar-refractivity contribution in [2.75, 3.05) is 17.3 Å². The van der Waals surface area contributed by atoms with Gasteiger partial charge in [0, 0.05) is 11.5 Å². The van der Waals surface area contributed by atoms with Gasteiger partial charge in [-0.3, -0.25) is 0 Å². The molecule has 0 bridgehead atoms. The van der Waals surface area contributed by atoms with Crippen molar-refractivity contribution in [3.8, 4) is 0 Å². The van der Waals surface area contributed by atoms with E-state index in [9.17, 15) is 8.78 Å². The number of nitrogens with zero attached hydrogens (tertiary/aromatic N) is 4. The minimum Gasteiger partial charge on any atom is -0.343 e. The van der Waals surface area contributed by atoms with Gasteiger partial charge in [0.2, 0.25) is 10.3 Å². The van der Waals surface area contributed by atoms with Crippen molar-refractivity contribution in [1.29, 1.82) is 0 Å². The zero-order chi connectivity index (χ0) is 21.5. The Morgan fingerprint density at radius 2 is 1.06 bits per heavy atom. The van der Waals surface area contributed by atoms with Crippen molar-refractivity contribution in [2.45, 2.75) is 20.2 Å². The molecule has 0 unspecified atom stereocenters. The van der Waals surface area contributed by atoms with Crippen LogP contribution in [0.1, 0.15) is 11.1 Å². The Hall–Kier alpha value is -2.28. The minimum atomic E-state index is -0.238. The van der Waals surface area contributed by atoms with Crippen LogP contribution >= 0.6 is 46.2 Å². The Morgan fingerprint density at radius 3 is 1.48 bits per heavy atom. The molecule has 4 aromatic rings. The van der Waals surface area contributed by atoms with Crippen molar-refractivity contribution in [2.24, 2.45) is 0 Å². The first-order valence-corrected chi connectivity index (χ1v) is 12.6. The van der Waals surface area contributed by atoms with Gasteiger partial charge in [-0.2, -0.15) is 0 Å². The molecule has 2 aromatic heterocycles. The summed E-state index contributed by atoms with van der Waals surface area (Å²) in [6, 6.07) is 12.9. The van der Waals surface area contributed by atoms with Crippen molar-refractivity contribution >= 4 is 56.5 Å². The van der Waals surface area contributed by atoms with Gasteiger partial charge in [-0.25, -0.2) is 8.78 Å². The molecular formula is C19H16F2N6S4. The number of thioether (sulfide) groups is 2. The predicted octanol–water partition coefficient (Wildman–Crippen LogP) is 5.73. The number of halogens is 2. The van der Waals surface area contributed by atoms with Crippen LogP contribution in [-0.2, 0) is 11.5 Å². The van der Waals surface area contributed by atoms with Gasteiger partial charge in [0.25, 0.3) is 0 Å². The van der Waals surface area contributed by atoms with Gasteiger partial charge in [-0.05, 0) is 35.4 Å². The summed E-state index contributed by atoms with van der Waals surface area (Å²) in [5.74, 6) is 0.933. The topological polar surface area (TPSA) is 75.6 Å². The standard InChI is InChI=1S/C19H16F2N6S4/c20-14-5-1-12(2-6-14)9-28-18-26-24-16(30-18)22-11-23-17-25-27-19(31-17)29-10-13-3-7-15(21)8-4-13/h1-8H,9-11H2,(H,22,24)(H,23,25). The smallest absolute Gasteiger partial charge is 0.207 e. The van der Waals surface area contributed by atoms with E-state index in [4.69, 9.17) is 0 Å². The number of rotatable bonds is 10. The zero-order valence-corrected chi connectivity index (χ0v) is 19.2. The monoisotopic (exact) mass is 494 g/mol. The molecule has 160 valence electrons. The molecule has 0 atom stereocenters. The maximum atomic E-state index is 13.0. The lowest BCUT2D eigenvalue weighted by Gasteiger charge is -2.01. The summed E-state index contributed by atoms with van der Waals surface area (Å²) in [5.41, 5.74) is 2.06. The fraction of sp³-hybridized carbons (Fsp3) is 0.158. The van der Waals surface area contributed by atoms with E-state index in [0.717, 1.165) is 19.8 Å². The maximum absolute atomic E-state index is 13.0. The molecule has 2 N–H and O–H groups in total. The summed E-state index contributed by atoms with van der Waals surface area (Å²) in [6.45, 7) is 0.439. The second-order valence-electron chi connectivity index (χ2n) is 6.11. The Bertz CT molecular complexity index is 1010. The molecule has 0 aliphatic heterocycles. The highest BCUT2D eigenvalue weighted by Crippen LogP contribution is 2.29. The summed E-state index contributed by atoms with van der Waals surface area (Å²) < 4.78 is 27.6. The molecule has 0 saturated carbocycles. The summed E-state index contributed by atoms with van der Waals surface area (Å²) in [5, 5.41) is 24.3. The van der Waals surface area contributed by atoms with Crippen LogP contribution in [0.25, 0.3) is 0 Å². The molecule has 4 rings (SSSR count). The first-order chi connectivity index (χ1) is 15.1. The first-order valence-electron chi connectivity index (χ1n) is 9.03. The second kappa shape index (κ2) is 10.8. The molecule has 0 fully saturated rings. The molecule has 2 heterocycles. The van der Waals surface area contributed by atoms with Gasteiger partial charge in [-0.1, -0.05) is 70.5 Å². The number of aromatic nitrogens is 4. The lowest BCUT2D eigenvalue weighted by molar-refractivity contribution is 0.627. The van der Waals surface area contributed by atoms with E-state index in [2.05, 4.69) is 31.0 Å². The number of hydrogen-bond acceptors (Lipinski definition) is 10.